The summed E-state index contributed by atoms with van der Waals surface area (Å²) in [5.74, 6) is -3.70. The van der Waals surface area contributed by atoms with Crippen LogP contribution in [-0.2, 0) is 9.47 Å². The van der Waals surface area contributed by atoms with Crippen molar-refractivity contribution in [2.24, 2.45) is 0 Å². The lowest BCUT2D eigenvalue weighted by Crippen LogP contribution is -2.13. The molecule has 0 N–H and O–H groups in total. The van der Waals surface area contributed by atoms with E-state index >= 15 is 0 Å². The predicted molar refractivity (Wildman–Crippen MR) is 59.8 cm³/mol. The molecule has 0 aromatic heterocycles. The molecule has 1 aromatic carbocycles. The highest BCUT2D eigenvalue weighted by Gasteiger charge is 2.25. The molecule has 0 spiro atoms. The second-order valence-electron chi connectivity index (χ2n) is 3.38. The van der Waals surface area contributed by atoms with Gasteiger partial charge in [0.25, 0.3) is 0 Å². The van der Waals surface area contributed by atoms with Gasteiger partial charge in [0.15, 0.2) is 0 Å². The van der Waals surface area contributed by atoms with Gasteiger partial charge in [-0.1, -0.05) is 0 Å². The maximum absolute atomic E-state index is 13.6. The second-order valence-corrected chi connectivity index (χ2v) is 3.38. The van der Waals surface area contributed by atoms with Gasteiger partial charge in [-0.2, -0.15) is 4.39 Å². The Morgan fingerprint density at radius 3 is 2.63 bits per heavy atom. The molecule has 6 nitrogen and oxygen atoms in total. The van der Waals surface area contributed by atoms with Crippen molar-refractivity contribution in [1.29, 1.82) is 0 Å². The van der Waals surface area contributed by atoms with Crippen molar-refractivity contribution in [3.63, 3.8) is 0 Å². The van der Waals surface area contributed by atoms with Gasteiger partial charge in [-0.25, -0.2) is 9.18 Å². The second kappa shape index (κ2) is 6.74. The van der Waals surface area contributed by atoms with E-state index in [4.69, 9.17) is 4.74 Å². The monoisotopic (exact) mass is 275 g/mol. The Kier molecular flexibility index (Phi) is 5.31. The summed E-state index contributed by atoms with van der Waals surface area (Å²) >= 11 is 0. The van der Waals surface area contributed by atoms with Crippen molar-refractivity contribution in [2.45, 2.75) is 6.92 Å². The number of hydrogen-bond acceptors (Lipinski definition) is 5. The fourth-order valence-corrected chi connectivity index (χ4v) is 1.27. The Bertz CT molecular complexity index is 492. The number of nitrogens with zero attached hydrogens (tertiary/aromatic N) is 1. The van der Waals surface area contributed by atoms with Gasteiger partial charge in [-0.15, -0.1) is 0 Å². The topological polar surface area (TPSA) is 78.7 Å². The van der Waals surface area contributed by atoms with Crippen molar-refractivity contribution in [2.75, 3.05) is 19.8 Å². The van der Waals surface area contributed by atoms with Crippen LogP contribution in [0.4, 0.5) is 14.5 Å². The van der Waals surface area contributed by atoms with Crippen LogP contribution in [0.2, 0.25) is 0 Å². The maximum atomic E-state index is 13.6. The van der Waals surface area contributed by atoms with Gasteiger partial charge in [-0.3, -0.25) is 10.1 Å². The van der Waals surface area contributed by atoms with Crippen molar-refractivity contribution in [1.82, 2.24) is 0 Å². The van der Waals surface area contributed by atoms with Gasteiger partial charge in [0.1, 0.15) is 18.0 Å². The standard InChI is InChI=1S/C11H11F2NO5/c1-2-18-3-4-19-11(15)8-5-7(12)6-9(10(8)13)14(16)17/h5-6H,2-4H2,1H3. The normalized spacial score (nSPS) is 10.3. The van der Waals surface area contributed by atoms with Crippen molar-refractivity contribution < 1.29 is 28.0 Å². The number of ether oxygens (including phenoxy) is 2. The van der Waals surface area contributed by atoms with Crippen LogP contribution in [0.25, 0.3) is 0 Å². The molecule has 0 saturated carbocycles. The molecule has 0 aliphatic rings. The van der Waals surface area contributed by atoms with Crippen LogP contribution in [0.15, 0.2) is 12.1 Å². The van der Waals surface area contributed by atoms with Crippen LogP contribution in [-0.4, -0.2) is 30.7 Å². The summed E-state index contributed by atoms with van der Waals surface area (Å²) in [6.07, 6.45) is 0. The SMILES string of the molecule is CCOCCOC(=O)c1cc(F)cc([N+](=O)[O-])c1F. The number of rotatable bonds is 6. The number of hydrogen-bond donors (Lipinski definition) is 0. The number of halogens is 2. The van der Waals surface area contributed by atoms with Gasteiger partial charge in [0.2, 0.25) is 5.82 Å². The van der Waals surface area contributed by atoms with E-state index in [9.17, 15) is 23.7 Å². The molecule has 1 rings (SSSR count). The molecule has 0 unspecified atom stereocenters. The predicted octanol–water partition coefficient (Wildman–Crippen LogP) is 2.07. The molecule has 104 valence electrons. The minimum absolute atomic E-state index is 0.0985. The summed E-state index contributed by atoms with van der Waals surface area (Å²) in [6.45, 7) is 2.09. The third kappa shape index (κ3) is 3.95. The molecular formula is C11H11F2NO5. The molecule has 0 aliphatic carbocycles. The summed E-state index contributed by atoms with van der Waals surface area (Å²) in [5.41, 5.74) is -1.93. The quantitative estimate of drug-likeness (QED) is 0.343. The van der Waals surface area contributed by atoms with E-state index in [2.05, 4.69) is 4.74 Å². The lowest BCUT2D eigenvalue weighted by Gasteiger charge is -2.06. The Morgan fingerprint density at radius 1 is 1.37 bits per heavy atom. The third-order valence-corrected chi connectivity index (χ3v) is 2.10. The summed E-state index contributed by atoms with van der Waals surface area (Å²) in [7, 11) is 0. The van der Waals surface area contributed by atoms with Crippen molar-refractivity contribution in [3.8, 4) is 0 Å². The van der Waals surface area contributed by atoms with Crippen molar-refractivity contribution >= 4 is 11.7 Å². The fourth-order valence-electron chi connectivity index (χ4n) is 1.27. The highest BCUT2D eigenvalue weighted by atomic mass is 19.1. The van der Waals surface area contributed by atoms with Crippen LogP contribution in [0, 0.1) is 21.7 Å². The van der Waals surface area contributed by atoms with E-state index in [1.54, 1.807) is 6.92 Å². The number of nitro benzene ring substituents is 1. The van der Waals surface area contributed by atoms with Gasteiger partial charge in [0.05, 0.1) is 17.6 Å². The minimum Gasteiger partial charge on any atom is -0.460 e. The number of carbonyl (C=O) groups excluding carboxylic acids is 1. The highest BCUT2D eigenvalue weighted by molar-refractivity contribution is 5.90. The van der Waals surface area contributed by atoms with Gasteiger partial charge in [0, 0.05) is 6.61 Å². The summed E-state index contributed by atoms with van der Waals surface area (Å²) in [5, 5.41) is 10.5. The Hall–Kier alpha value is -2.09. The van der Waals surface area contributed by atoms with Gasteiger partial charge < -0.3 is 9.47 Å². The molecule has 0 amide bonds. The molecule has 8 heteroatoms. The molecular weight excluding hydrogens is 264 g/mol. The molecule has 0 aliphatic heterocycles. The first-order valence-corrected chi connectivity index (χ1v) is 5.35. The number of benzene rings is 1. The first-order chi connectivity index (χ1) is 8.97. The smallest absolute Gasteiger partial charge is 0.341 e. The van der Waals surface area contributed by atoms with Crippen LogP contribution < -0.4 is 0 Å². The Balaban J connectivity index is 2.88. The lowest BCUT2D eigenvalue weighted by atomic mass is 10.2. The largest absolute Gasteiger partial charge is 0.460 e. The molecule has 1 aromatic rings. The number of nitro groups is 1. The molecule has 0 atom stereocenters. The van der Waals surface area contributed by atoms with E-state index in [1.165, 1.54) is 0 Å². The van der Waals surface area contributed by atoms with E-state index < -0.39 is 33.8 Å². The van der Waals surface area contributed by atoms with Crippen molar-refractivity contribution in [3.05, 3.63) is 39.4 Å². The zero-order chi connectivity index (χ0) is 14.4. The fraction of sp³-hybridized carbons (Fsp3) is 0.364. The molecule has 19 heavy (non-hydrogen) atoms. The first-order valence-electron chi connectivity index (χ1n) is 5.35. The maximum Gasteiger partial charge on any atom is 0.341 e. The van der Waals surface area contributed by atoms with Crippen LogP contribution in [0.3, 0.4) is 0 Å². The number of esters is 1. The summed E-state index contributed by atoms with van der Waals surface area (Å²) < 4.78 is 36.1. The van der Waals surface area contributed by atoms with Gasteiger partial charge in [-0.05, 0) is 13.0 Å². The highest BCUT2D eigenvalue weighted by Crippen LogP contribution is 2.22. The van der Waals surface area contributed by atoms with E-state index in [-0.39, 0.29) is 13.2 Å². The van der Waals surface area contributed by atoms with Crippen LogP contribution in [0.1, 0.15) is 17.3 Å². The van der Waals surface area contributed by atoms with E-state index in [0.717, 1.165) is 0 Å². The van der Waals surface area contributed by atoms with E-state index in [1.807, 2.05) is 0 Å². The van der Waals surface area contributed by atoms with E-state index in [0.29, 0.717) is 18.7 Å². The average Bonchev–Trinajstić information content (AvgIpc) is 2.36. The first kappa shape index (κ1) is 15.0. The zero-order valence-electron chi connectivity index (χ0n) is 10.0. The van der Waals surface area contributed by atoms with Gasteiger partial charge >= 0.3 is 11.7 Å². The minimum atomic E-state index is -1.42. The lowest BCUT2D eigenvalue weighted by molar-refractivity contribution is -0.387. The summed E-state index contributed by atoms with van der Waals surface area (Å²) in [4.78, 5) is 20.8. The molecule has 0 bridgehead atoms. The summed E-state index contributed by atoms with van der Waals surface area (Å²) in [6, 6.07) is 0.942. The molecule has 0 radical (unpaired) electrons. The average molecular weight is 275 g/mol. The Morgan fingerprint density at radius 2 is 2.05 bits per heavy atom. The number of carbonyl (C=O) groups is 1. The third-order valence-electron chi connectivity index (χ3n) is 2.10. The van der Waals surface area contributed by atoms with Crippen LogP contribution in [0.5, 0.6) is 0 Å². The molecule has 0 fully saturated rings. The molecule has 0 heterocycles. The molecule has 0 saturated heterocycles. The zero-order valence-corrected chi connectivity index (χ0v) is 10.0. The van der Waals surface area contributed by atoms with Crippen LogP contribution >= 0.6 is 0 Å². The Labute approximate surface area is 107 Å².